The van der Waals surface area contributed by atoms with Crippen LogP contribution >= 0.6 is 34.2 Å². The molecule has 0 aromatic carbocycles. The Kier molecular flexibility index (Phi) is 2.98. The molecule has 0 unspecified atom stereocenters. The molecule has 0 aliphatic rings. The van der Waals surface area contributed by atoms with Crippen LogP contribution in [-0.2, 0) is 0 Å². The van der Waals surface area contributed by atoms with Crippen LogP contribution in [0.5, 0.6) is 0 Å². The SMILES string of the molecule is FC(F)(Cl)C(F)(F)C(F)(F)I. The highest BCUT2D eigenvalue weighted by Gasteiger charge is 2.70. The van der Waals surface area contributed by atoms with Crippen molar-refractivity contribution < 1.29 is 26.3 Å². The highest BCUT2D eigenvalue weighted by Crippen LogP contribution is 2.50. The standard InChI is InChI=1S/C3ClF6I/c4-2(7,8)1(5,6)3(9,10)11. The summed E-state index contributed by atoms with van der Waals surface area (Å²) in [5, 5.41) is -5.24. The van der Waals surface area contributed by atoms with Gasteiger partial charge in [-0.05, 0) is 11.6 Å². The molecule has 11 heavy (non-hydrogen) atoms. The molecular formula is C3ClF6I. The van der Waals surface area contributed by atoms with E-state index in [-0.39, 0.29) is 22.6 Å². The smallest absolute Gasteiger partial charge is 0.190 e. The van der Waals surface area contributed by atoms with Crippen LogP contribution in [0.3, 0.4) is 0 Å². The number of halogens is 8. The van der Waals surface area contributed by atoms with E-state index in [2.05, 4.69) is 11.6 Å². The molecule has 0 aromatic heterocycles. The predicted octanol–water partition coefficient (Wildman–Crippen LogP) is 3.48. The molecule has 0 amide bonds. The molecule has 8 heteroatoms. The first-order valence-electron chi connectivity index (χ1n) is 2.01. The molecule has 0 aromatic rings. The van der Waals surface area contributed by atoms with Gasteiger partial charge in [-0.2, -0.15) is 26.3 Å². The quantitative estimate of drug-likeness (QED) is 0.416. The second-order valence-corrected chi connectivity index (χ2v) is 3.40. The van der Waals surface area contributed by atoms with E-state index in [1.165, 1.54) is 0 Å². The van der Waals surface area contributed by atoms with Gasteiger partial charge < -0.3 is 0 Å². The molecule has 0 saturated carbocycles. The zero-order chi connectivity index (χ0) is 9.50. The normalized spacial score (nSPS) is 15.3. The third kappa shape index (κ3) is 2.27. The van der Waals surface area contributed by atoms with Crippen LogP contribution in [0.4, 0.5) is 26.3 Å². The van der Waals surface area contributed by atoms with E-state index in [4.69, 9.17) is 0 Å². The van der Waals surface area contributed by atoms with Crippen LogP contribution in [-0.4, -0.2) is 15.2 Å². The average molecular weight is 312 g/mol. The third-order valence-electron chi connectivity index (χ3n) is 0.712. The number of hydrogen-bond donors (Lipinski definition) is 0. The van der Waals surface area contributed by atoms with Crippen molar-refractivity contribution in [3.05, 3.63) is 0 Å². The summed E-state index contributed by atoms with van der Waals surface area (Å²) in [4.78, 5) is 0. The Labute approximate surface area is 76.0 Å². The van der Waals surface area contributed by atoms with Crippen molar-refractivity contribution in [1.82, 2.24) is 0 Å². The van der Waals surface area contributed by atoms with E-state index < -0.39 is 15.2 Å². The summed E-state index contributed by atoms with van der Waals surface area (Å²) in [5.74, 6) is -5.54. The van der Waals surface area contributed by atoms with Crippen molar-refractivity contribution in [3.8, 4) is 0 Å². The molecule has 0 aliphatic heterocycles. The second-order valence-electron chi connectivity index (χ2n) is 1.57. The first kappa shape index (κ1) is 11.6. The highest BCUT2D eigenvalue weighted by atomic mass is 127. The first-order valence-corrected chi connectivity index (χ1v) is 3.47. The van der Waals surface area contributed by atoms with Gasteiger partial charge in [-0.1, -0.05) is 0 Å². The third-order valence-corrected chi connectivity index (χ3v) is 1.63. The molecule has 0 bridgehead atoms. The zero-order valence-electron chi connectivity index (χ0n) is 4.52. The van der Waals surface area contributed by atoms with Gasteiger partial charge in [0.2, 0.25) is 0 Å². The Morgan fingerprint density at radius 3 is 1.18 bits per heavy atom. The minimum Gasteiger partial charge on any atom is -0.190 e. The lowest BCUT2D eigenvalue weighted by atomic mass is 10.4. The van der Waals surface area contributed by atoms with E-state index in [9.17, 15) is 26.3 Å². The number of rotatable bonds is 2. The summed E-state index contributed by atoms with van der Waals surface area (Å²) >= 11 is 3.64. The number of alkyl halides is 8. The van der Waals surface area contributed by atoms with E-state index >= 15 is 0 Å². The van der Waals surface area contributed by atoms with Crippen molar-refractivity contribution in [2.45, 2.75) is 15.2 Å². The van der Waals surface area contributed by atoms with Crippen LogP contribution < -0.4 is 0 Å². The van der Waals surface area contributed by atoms with Crippen molar-refractivity contribution in [2.24, 2.45) is 0 Å². The van der Waals surface area contributed by atoms with Gasteiger partial charge in [-0.3, -0.25) is 0 Å². The molecule has 0 rings (SSSR count). The second kappa shape index (κ2) is 2.82. The predicted molar refractivity (Wildman–Crippen MR) is 34.7 cm³/mol. The highest BCUT2D eigenvalue weighted by molar-refractivity contribution is 14.1. The largest absolute Gasteiger partial charge is 0.395 e. The molecule has 0 radical (unpaired) electrons. The Balaban J connectivity index is 4.75. The summed E-state index contributed by atoms with van der Waals surface area (Å²) < 4.78 is 65.1. The monoisotopic (exact) mass is 312 g/mol. The summed E-state index contributed by atoms with van der Waals surface area (Å²) in [6.45, 7) is 0. The van der Waals surface area contributed by atoms with E-state index in [1.54, 1.807) is 0 Å². The lowest BCUT2D eigenvalue weighted by Crippen LogP contribution is -2.47. The van der Waals surface area contributed by atoms with Crippen LogP contribution in [0.1, 0.15) is 0 Å². The number of hydrogen-bond acceptors (Lipinski definition) is 0. The Hall–Kier alpha value is 0.600. The summed E-state index contributed by atoms with van der Waals surface area (Å²) in [6, 6.07) is 0. The molecule has 0 spiro atoms. The molecule has 68 valence electrons. The van der Waals surface area contributed by atoms with E-state index in [0.717, 1.165) is 0 Å². The molecule has 0 heterocycles. The minimum atomic E-state index is -5.54. The lowest BCUT2D eigenvalue weighted by Gasteiger charge is -2.24. The maximum absolute atomic E-state index is 11.8. The Morgan fingerprint density at radius 2 is 1.18 bits per heavy atom. The van der Waals surface area contributed by atoms with Crippen molar-refractivity contribution in [3.63, 3.8) is 0 Å². The topological polar surface area (TPSA) is 0 Å². The van der Waals surface area contributed by atoms with Gasteiger partial charge in [-0.15, -0.1) is 0 Å². The van der Waals surface area contributed by atoms with Gasteiger partial charge in [0.1, 0.15) is 0 Å². The summed E-state index contributed by atoms with van der Waals surface area (Å²) in [5.41, 5.74) is 0. The first-order chi connectivity index (χ1) is 4.50. The fourth-order valence-corrected chi connectivity index (χ4v) is 0.778. The van der Waals surface area contributed by atoms with Crippen molar-refractivity contribution in [2.75, 3.05) is 0 Å². The van der Waals surface area contributed by atoms with Gasteiger partial charge >= 0.3 is 15.2 Å². The average Bonchev–Trinajstić information content (AvgIpc) is 1.58. The summed E-state index contributed by atoms with van der Waals surface area (Å²) in [7, 11) is 0. The molecule has 0 saturated heterocycles. The Morgan fingerprint density at radius 1 is 0.909 bits per heavy atom. The van der Waals surface area contributed by atoms with Gasteiger partial charge in [0, 0.05) is 22.6 Å². The minimum absolute atomic E-state index is 0.103. The molecule has 0 aliphatic carbocycles. The zero-order valence-corrected chi connectivity index (χ0v) is 7.44. The van der Waals surface area contributed by atoms with E-state index in [0.29, 0.717) is 0 Å². The summed E-state index contributed by atoms with van der Waals surface area (Å²) in [6.07, 6.45) is 0. The van der Waals surface area contributed by atoms with Gasteiger partial charge in [0.05, 0.1) is 0 Å². The maximum atomic E-state index is 11.8. The van der Waals surface area contributed by atoms with Crippen LogP contribution in [0.15, 0.2) is 0 Å². The Bertz CT molecular complexity index is 129. The lowest BCUT2D eigenvalue weighted by molar-refractivity contribution is -0.233. The van der Waals surface area contributed by atoms with Crippen LogP contribution in [0, 0.1) is 0 Å². The van der Waals surface area contributed by atoms with Crippen molar-refractivity contribution >= 4 is 34.2 Å². The van der Waals surface area contributed by atoms with E-state index in [1.807, 2.05) is 0 Å². The van der Waals surface area contributed by atoms with Crippen molar-refractivity contribution in [1.29, 1.82) is 0 Å². The molecule has 0 atom stereocenters. The molecular weight excluding hydrogens is 312 g/mol. The van der Waals surface area contributed by atoms with Gasteiger partial charge in [0.25, 0.3) is 0 Å². The fraction of sp³-hybridized carbons (Fsp3) is 1.00. The maximum Gasteiger partial charge on any atom is 0.395 e. The molecule has 0 N–H and O–H groups in total. The van der Waals surface area contributed by atoms with Gasteiger partial charge in [0.15, 0.2) is 0 Å². The van der Waals surface area contributed by atoms with Crippen LogP contribution in [0.25, 0.3) is 0 Å². The molecule has 0 nitrogen and oxygen atoms in total. The van der Waals surface area contributed by atoms with Gasteiger partial charge in [-0.25, -0.2) is 0 Å². The molecule has 0 fully saturated rings. The fourth-order valence-electron chi connectivity index (χ4n) is 0.161. The van der Waals surface area contributed by atoms with Crippen LogP contribution in [0.2, 0.25) is 0 Å².